The lowest BCUT2D eigenvalue weighted by Crippen LogP contribution is -2.24. The Bertz CT molecular complexity index is 574. The van der Waals surface area contributed by atoms with Gasteiger partial charge in [-0.3, -0.25) is 0 Å². The van der Waals surface area contributed by atoms with Gasteiger partial charge in [0.15, 0.2) is 0 Å². The second-order valence-corrected chi connectivity index (χ2v) is 6.55. The Morgan fingerprint density at radius 3 is 2.95 bits per heavy atom. The second kappa shape index (κ2) is 5.43. The van der Waals surface area contributed by atoms with E-state index in [0.29, 0.717) is 6.04 Å². The third-order valence-electron chi connectivity index (χ3n) is 3.88. The van der Waals surface area contributed by atoms with Crippen molar-refractivity contribution in [2.24, 2.45) is 0 Å². The molecule has 0 amide bonds. The van der Waals surface area contributed by atoms with Crippen LogP contribution < -0.4 is 5.32 Å². The molecule has 1 aliphatic carbocycles. The van der Waals surface area contributed by atoms with Crippen molar-refractivity contribution in [1.29, 1.82) is 0 Å². The molecule has 1 aromatic carbocycles. The molecule has 1 heterocycles. The number of fused-ring (bicyclic) bond motifs is 1. The van der Waals surface area contributed by atoms with Crippen LogP contribution in [-0.2, 0) is 13.0 Å². The first kappa shape index (κ1) is 12.8. The highest BCUT2D eigenvalue weighted by Gasteiger charge is 2.19. The normalized spacial score (nSPS) is 18.3. The van der Waals surface area contributed by atoms with Crippen molar-refractivity contribution < 1.29 is 0 Å². The molecule has 100 valence electrons. The first-order valence-electron chi connectivity index (χ1n) is 6.98. The van der Waals surface area contributed by atoms with Gasteiger partial charge in [-0.05, 0) is 44.2 Å². The van der Waals surface area contributed by atoms with Crippen molar-refractivity contribution in [3.05, 3.63) is 51.0 Å². The van der Waals surface area contributed by atoms with Crippen LogP contribution in [0.25, 0.3) is 0 Å². The predicted molar refractivity (Wildman–Crippen MR) is 80.5 cm³/mol. The van der Waals surface area contributed by atoms with Gasteiger partial charge in [0.25, 0.3) is 0 Å². The van der Waals surface area contributed by atoms with Gasteiger partial charge in [0.05, 0.1) is 10.7 Å². The number of nitrogens with one attached hydrogen (secondary N) is 1. The molecule has 1 atom stereocenters. The summed E-state index contributed by atoms with van der Waals surface area (Å²) in [4.78, 5) is 5.87. The van der Waals surface area contributed by atoms with Gasteiger partial charge in [0.1, 0.15) is 0 Å². The predicted octanol–water partition coefficient (Wildman–Crippen LogP) is 3.93. The summed E-state index contributed by atoms with van der Waals surface area (Å²) in [5.41, 5.74) is 4.19. The van der Waals surface area contributed by atoms with Crippen molar-refractivity contribution >= 4 is 11.3 Å². The summed E-state index contributed by atoms with van der Waals surface area (Å²) < 4.78 is 0. The minimum atomic E-state index is 0.506. The van der Waals surface area contributed by atoms with Crippen LogP contribution in [0.1, 0.15) is 45.6 Å². The van der Waals surface area contributed by atoms with Gasteiger partial charge in [-0.2, -0.15) is 0 Å². The Labute approximate surface area is 118 Å². The fraction of sp³-hybridized carbons (Fsp3) is 0.438. The Morgan fingerprint density at radius 1 is 1.32 bits per heavy atom. The fourth-order valence-corrected chi connectivity index (χ4v) is 3.81. The number of aryl methyl sites for hydroxylation is 3. The highest BCUT2D eigenvalue weighted by Crippen LogP contribution is 2.30. The maximum Gasteiger partial charge on any atom is 0.0900 e. The van der Waals surface area contributed by atoms with Gasteiger partial charge in [-0.25, -0.2) is 4.98 Å². The Balaban J connectivity index is 1.73. The number of benzene rings is 1. The largest absolute Gasteiger partial charge is 0.305 e. The molecule has 2 nitrogen and oxygen atoms in total. The molecular formula is C16H20N2S. The van der Waals surface area contributed by atoms with E-state index < -0.39 is 0 Å². The summed E-state index contributed by atoms with van der Waals surface area (Å²) in [5, 5.41) is 4.88. The van der Waals surface area contributed by atoms with E-state index in [4.69, 9.17) is 0 Å². The van der Waals surface area contributed by atoms with Crippen LogP contribution in [-0.4, -0.2) is 4.98 Å². The molecule has 19 heavy (non-hydrogen) atoms. The Morgan fingerprint density at radius 2 is 2.16 bits per heavy atom. The smallest absolute Gasteiger partial charge is 0.0900 e. The Hall–Kier alpha value is -1.19. The van der Waals surface area contributed by atoms with E-state index in [2.05, 4.69) is 48.4 Å². The summed E-state index contributed by atoms with van der Waals surface area (Å²) in [5.74, 6) is 0. The molecule has 0 bridgehead atoms. The standard InChI is InChI=1S/C16H20N2S/c1-11-16(19-12(2)18-11)10-17-15-9-5-7-13-6-3-4-8-14(13)15/h3-4,6,8,15,17H,5,7,9-10H2,1-2H3. The second-order valence-electron chi connectivity index (χ2n) is 5.27. The molecule has 1 aliphatic rings. The summed E-state index contributed by atoms with van der Waals surface area (Å²) in [6.07, 6.45) is 3.76. The van der Waals surface area contributed by atoms with Gasteiger partial charge >= 0.3 is 0 Å². The summed E-state index contributed by atoms with van der Waals surface area (Å²) >= 11 is 1.81. The number of nitrogens with zero attached hydrogens (tertiary/aromatic N) is 1. The lowest BCUT2D eigenvalue weighted by Gasteiger charge is -2.26. The lowest BCUT2D eigenvalue weighted by atomic mass is 9.88. The summed E-state index contributed by atoms with van der Waals surface area (Å²) in [6, 6.07) is 9.35. The van der Waals surface area contributed by atoms with Crippen LogP contribution in [0.3, 0.4) is 0 Å². The zero-order valence-electron chi connectivity index (χ0n) is 11.6. The molecule has 0 aliphatic heterocycles. The molecule has 0 saturated carbocycles. The highest BCUT2D eigenvalue weighted by atomic mass is 32.1. The summed E-state index contributed by atoms with van der Waals surface area (Å²) in [6.45, 7) is 5.13. The number of thiazole rings is 1. The van der Waals surface area contributed by atoms with Crippen molar-refractivity contribution in [2.45, 2.75) is 45.7 Å². The van der Waals surface area contributed by atoms with Crippen molar-refractivity contribution in [3.8, 4) is 0 Å². The SMILES string of the molecule is Cc1nc(C)c(CNC2CCCc3ccccc32)s1. The van der Waals surface area contributed by atoms with E-state index in [9.17, 15) is 0 Å². The van der Waals surface area contributed by atoms with Crippen molar-refractivity contribution in [3.63, 3.8) is 0 Å². The molecule has 1 aromatic heterocycles. The maximum absolute atomic E-state index is 4.50. The van der Waals surface area contributed by atoms with Gasteiger partial charge in [-0.1, -0.05) is 24.3 Å². The van der Waals surface area contributed by atoms with Crippen LogP contribution in [0, 0.1) is 13.8 Å². The highest BCUT2D eigenvalue weighted by molar-refractivity contribution is 7.11. The molecule has 0 radical (unpaired) electrons. The minimum absolute atomic E-state index is 0.506. The van der Waals surface area contributed by atoms with Crippen LogP contribution in [0.2, 0.25) is 0 Å². The Kier molecular flexibility index (Phi) is 3.67. The van der Waals surface area contributed by atoms with E-state index in [0.717, 1.165) is 6.54 Å². The third-order valence-corrected chi connectivity index (χ3v) is 4.95. The van der Waals surface area contributed by atoms with E-state index in [1.165, 1.54) is 46.0 Å². The molecule has 1 N–H and O–H groups in total. The molecule has 0 saturated heterocycles. The van der Waals surface area contributed by atoms with E-state index in [-0.39, 0.29) is 0 Å². The summed E-state index contributed by atoms with van der Waals surface area (Å²) in [7, 11) is 0. The van der Waals surface area contributed by atoms with Crippen LogP contribution in [0.5, 0.6) is 0 Å². The number of rotatable bonds is 3. The number of aromatic nitrogens is 1. The van der Waals surface area contributed by atoms with Crippen LogP contribution >= 0.6 is 11.3 Å². The average molecular weight is 272 g/mol. The van der Waals surface area contributed by atoms with E-state index in [1.54, 1.807) is 0 Å². The van der Waals surface area contributed by atoms with E-state index in [1.807, 2.05) is 11.3 Å². The number of hydrogen-bond acceptors (Lipinski definition) is 3. The molecule has 0 fully saturated rings. The molecule has 3 rings (SSSR count). The quantitative estimate of drug-likeness (QED) is 0.916. The van der Waals surface area contributed by atoms with Gasteiger partial charge in [0.2, 0.25) is 0 Å². The maximum atomic E-state index is 4.50. The lowest BCUT2D eigenvalue weighted by molar-refractivity contribution is 0.460. The van der Waals surface area contributed by atoms with Gasteiger partial charge in [0, 0.05) is 17.5 Å². The molecule has 1 unspecified atom stereocenters. The first-order valence-corrected chi connectivity index (χ1v) is 7.80. The monoisotopic (exact) mass is 272 g/mol. The minimum Gasteiger partial charge on any atom is -0.305 e. The third kappa shape index (κ3) is 2.72. The van der Waals surface area contributed by atoms with E-state index >= 15 is 0 Å². The fourth-order valence-electron chi connectivity index (χ4n) is 2.92. The zero-order chi connectivity index (χ0) is 13.2. The van der Waals surface area contributed by atoms with Gasteiger partial charge < -0.3 is 5.32 Å². The van der Waals surface area contributed by atoms with Gasteiger partial charge in [-0.15, -0.1) is 11.3 Å². The molecule has 0 spiro atoms. The van der Waals surface area contributed by atoms with Crippen LogP contribution in [0.4, 0.5) is 0 Å². The molecule has 2 aromatic rings. The van der Waals surface area contributed by atoms with Crippen molar-refractivity contribution in [2.75, 3.05) is 0 Å². The number of hydrogen-bond donors (Lipinski definition) is 1. The first-order chi connectivity index (χ1) is 9.24. The molecular weight excluding hydrogens is 252 g/mol. The topological polar surface area (TPSA) is 24.9 Å². The zero-order valence-corrected chi connectivity index (χ0v) is 12.4. The van der Waals surface area contributed by atoms with Crippen molar-refractivity contribution in [1.82, 2.24) is 10.3 Å². The van der Waals surface area contributed by atoms with Crippen LogP contribution in [0.15, 0.2) is 24.3 Å². The average Bonchev–Trinajstić information content (AvgIpc) is 2.74. The molecule has 3 heteroatoms.